The molecule has 0 aliphatic carbocycles. The molecule has 2 aliphatic rings. The van der Waals surface area contributed by atoms with E-state index in [2.05, 4.69) is 5.32 Å². The summed E-state index contributed by atoms with van der Waals surface area (Å²) in [5.74, 6) is -1.86. The van der Waals surface area contributed by atoms with Crippen LogP contribution in [0.25, 0.3) is 0 Å². The quantitative estimate of drug-likeness (QED) is 0.632. The molecule has 0 radical (unpaired) electrons. The molecule has 5 unspecified atom stereocenters. The Bertz CT molecular complexity index is 392. The Morgan fingerprint density at radius 1 is 1.33 bits per heavy atom. The van der Waals surface area contributed by atoms with Gasteiger partial charge in [-0.1, -0.05) is 6.92 Å². The molecule has 0 spiro atoms. The molecule has 21 heavy (non-hydrogen) atoms. The lowest BCUT2D eigenvalue weighted by Crippen LogP contribution is -2.63. The molecule has 0 saturated carbocycles. The largest absolute Gasteiger partial charge is 0.394 e. The fourth-order valence-electron chi connectivity index (χ4n) is 2.37. The maximum absolute atomic E-state index is 12.7. The fraction of sp³-hybridized carbons (Fsp3) is 0.917. The highest BCUT2D eigenvalue weighted by atomic mass is 32.1. The zero-order valence-electron chi connectivity index (χ0n) is 11.5. The molecule has 2 rings (SSSR count). The molecule has 2 aliphatic heterocycles. The minimum atomic E-state index is -4.49. The second kappa shape index (κ2) is 6.23. The molecule has 0 aromatic heterocycles. The van der Waals surface area contributed by atoms with Gasteiger partial charge in [0.1, 0.15) is 12.2 Å². The van der Waals surface area contributed by atoms with Gasteiger partial charge in [0.2, 0.25) is 0 Å². The summed E-state index contributed by atoms with van der Waals surface area (Å²) < 4.78 is 43.2. The maximum atomic E-state index is 12.7. The monoisotopic (exact) mass is 328 g/mol. The van der Waals surface area contributed by atoms with Crippen LogP contribution >= 0.6 is 12.2 Å². The van der Waals surface area contributed by atoms with Gasteiger partial charge < -0.3 is 25.2 Å². The zero-order chi connectivity index (χ0) is 15.8. The lowest BCUT2D eigenvalue weighted by atomic mass is 9.90. The fourth-order valence-corrected chi connectivity index (χ4v) is 2.70. The number of aliphatic hydroxyl groups is 2. The van der Waals surface area contributed by atoms with E-state index in [1.165, 1.54) is 0 Å². The molecule has 0 aromatic carbocycles. The molecule has 122 valence electrons. The van der Waals surface area contributed by atoms with Crippen molar-refractivity contribution in [2.75, 3.05) is 19.7 Å². The van der Waals surface area contributed by atoms with Gasteiger partial charge in [-0.25, -0.2) is 0 Å². The normalized spacial score (nSPS) is 35.0. The summed E-state index contributed by atoms with van der Waals surface area (Å²) in [5, 5.41) is 23.2. The van der Waals surface area contributed by atoms with Crippen molar-refractivity contribution in [3.63, 3.8) is 0 Å². The molecule has 2 saturated heterocycles. The van der Waals surface area contributed by atoms with Crippen LogP contribution in [0.15, 0.2) is 0 Å². The van der Waals surface area contributed by atoms with E-state index >= 15 is 0 Å². The predicted molar refractivity (Wildman–Crippen MR) is 72.7 cm³/mol. The molecule has 0 bridgehead atoms. The third-order valence-corrected chi connectivity index (χ3v) is 4.40. The van der Waals surface area contributed by atoms with Gasteiger partial charge >= 0.3 is 6.18 Å². The Kier molecular flexibility index (Phi) is 4.96. The van der Waals surface area contributed by atoms with Crippen LogP contribution in [0.1, 0.15) is 13.3 Å². The van der Waals surface area contributed by atoms with Crippen molar-refractivity contribution in [1.29, 1.82) is 0 Å². The van der Waals surface area contributed by atoms with E-state index in [-0.39, 0.29) is 6.61 Å². The van der Waals surface area contributed by atoms with Crippen molar-refractivity contribution in [1.82, 2.24) is 10.2 Å². The lowest BCUT2D eigenvalue weighted by Gasteiger charge is -2.42. The predicted octanol–water partition coefficient (Wildman–Crippen LogP) is 0.254. The Hall–Kier alpha value is -0.640. The molecule has 2 fully saturated rings. The summed E-state index contributed by atoms with van der Waals surface area (Å²) >= 11 is 5.13. The smallest absolute Gasteiger partial charge is 0.388 e. The van der Waals surface area contributed by atoms with Crippen LogP contribution in [0, 0.1) is 5.92 Å². The van der Waals surface area contributed by atoms with E-state index < -0.39 is 36.4 Å². The van der Waals surface area contributed by atoms with Crippen LogP contribution in [0.5, 0.6) is 0 Å². The van der Waals surface area contributed by atoms with Gasteiger partial charge in [0.05, 0.1) is 24.7 Å². The minimum Gasteiger partial charge on any atom is -0.388 e. The van der Waals surface area contributed by atoms with E-state index in [4.69, 9.17) is 17.0 Å². The van der Waals surface area contributed by atoms with Crippen LogP contribution in [0.2, 0.25) is 0 Å². The van der Waals surface area contributed by atoms with E-state index in [0.29, 0.717) is 5.11 Å². The first-order chi connectivity index (χ1) is 9.71. The number of rotatable bonds is 2. The summed E-state index contributed by atoms with van der Waals surface area (Å²) in [6, 6.07) is -0.718. The molecule has 0 amide bonds. The van der Waals surface area contributed by atoms with Crippen molar-refractivity contribution in [2.24, 2.45) is 5.92 Å². The van der Waals surface area contributed by atoms with Gasteiger partial charge in [-0.05, 0) is 18.6 Å². The lowest BCUT2D eigenvalue weighted by molar-refractivity contribution is -0.241. The number of nitrogens with zero attached hydrogens (tertiary/aromatic N) is 1. The highest BCUT2D eigenvalue weighted by molar-refractivity contribution is 7.80. The van der Waals surface area contributed by atoms with E-state index in [1.807, 2.05) is 4.90 Å². The van der Waals surface area contributed by atoms with Crippen LogP contribution in [-0.2, 0) is 4.74 Å². The van der Waals surface area contributed by atoms with Gasteiger partial charge in [0.15, 0.2) is 5.11 Å². The number of halogens is 3. The second-order valence-electron chi connectivity index (χ2n) is 5.51. The third-order valence-electron chi connectivity index (χ3n) is 4.03. The topological polar surface area (TPSA) is 65.0 Å². The Balaban J connectivity index is 1.94. The molecule has 2 heterocycles. The van der Waals surface area contributed by atoms with Crippen molar-refractivity contribution < 1.29 is 28.1 Å². The Labute approximate surface area is 126 Å². The van der Waals surface area contributed by atoms with Gasteiger partial charge in [-0.3, -0.25) is 0 Å². The number of hydrogen-bond acceptors (Lipinski definition) is 4. The van der Waals surface area contributed by atoms with E-state index in [1.54, 1.807) is 0 Å². The van der Waals surface area contributed by atoms with Crippen LogP contribution < -0.4 is 5.32 Å². The number of hydrogen-bond donors (Lipinski definition) is 3. The second-order valence-corrected chi connectivity index (χ2v) is 5.89. The average molecular weight is 328 g/mol. The summed E-state index contributed by atoms with van der Waals surface area (Å²) in [6.07, 6.45) is -7.92. The van der Waals surface area contributed by atoms with Gasteiger partial charge in [0.25, 0.3) is 0 Å². The first kappa shape index (κ1) is 16.7. The van der Waals surface area contributed by atoms with E-state index in [0.717, 1.165) is 26.4 Å². The van der Waals surface area contributed by atoms with Gasteiger partial charge in [-0.2, -0.15) is 13.2 Å². The summed E-state index contributed by atoms with van der Waals surface area (Å²) in [7, 11) is 0. The number of ether oxygens (including phenoxy) is 1. The highest BCUT2D eigenvalue weighted by Crippen LogP contribution is 2.34. The standard InChI is InChI=1S/C12H19F3N2O3S/c1-6(12(13,14)15)10-9(19)8(18)7(5-20-10)16-11(21)17-3-2-4-17/h6-10,18-19H,2-5H2,1H3,(H,16,21). The first-order valence-electron chi connectivity index (χ1n) is 6.81. The third kappa shape index (κ3) is 3.58. The van der Waals surface area contributed by atoms with E-state index in [9.17, 15) is 23.4 Å². The minimum absolute atomic E-state index is 0.142. The summed E-state index contributed by atoms with van der Waals surface area (Å²) in [4.78, 5) is 1.87. The molecule has 3 N–H and O–H groups in total. The van der Waals surface area contributed by atoms with Crippen molar-refractivity contribution in [3.8, 4) is 0 Å². The van der Waals surface area contributed by atoms with Crippen LogP contribution in [0.3, 0.4) is 0 Å². The van der Waals surface area contributed by atoms with Crippen molar-refractivity contribution >= 4 is 17.3 Å². The molecule has 0 aromatic rings. The average Bonchev–Trinajstić information content (AvgIpc) is 2.31. The van der Waals surface area contributed by atoms with Crippen LogP contribution in [-0.4, -0.2) is 70.5 Å². The first-order valence-corrected chi connectivity index (χ1v) is 7.22. The van der Waals surface area contributed by atoms with Crippen LogP contribution in [0.4, 0.5) is 13.2 Å². The molecule has 9 heteroatoms. The maximum Gasteiger partial charge on any atom is 0.394 e. The number of alkyl halides is 3. The number of thiocarbonyl (C=S) groups is 1. The summed E-state index contributed by atoms with van der Waals surface area (Å²) in [6.45, 7) is 2.41. The number of aliphatic hydroxyl groups excluding tert-OH is 2. The number of nitrogens with one attached hydrogen (secondary N) is 1. The van der Waals surface area contributed by atoms with Gasteiger partial charge in [0, 0.05) is 13.1 Å². The summed E-state index contributed by atoms with van der Waals surface area (Å²) in [5.41, 5.74) is 0. The highest BCUT2D eigenvalue weighted by Gasteiger charge is 2.50. The van der Waals surface area contributed by atoms with Crippen molar-refractivity contribution in [3.05, 3.63) is 0 Å². The van der Waals surface area contributed by atoms with Gasteiger partial charge in [-0.15, -0.1) is 0 Å². The zero-order valence-corrected chi connectivity index (χ0v) is 12.3. The Morgan fingerprint density at radius 3 is 2.43 bits per heavy atom. The molecule has 5 nitrogen and oxygen atoms in total. The molecular weight excluding hydrogens is 309 g/mol. The molecular formula is C12H19F3N2O3S. The van der Waals surface area contributed by atoms with Crippen molar-refractivity contribution in [2.45, 2.75) is 43.9 Å². The number of likely N-dealkylation sites (tertiary alicyclic amines) is 1. The molecule has 5 atom stereocenters. The SMILES string of the molecule is CC(C1OCC(NC(=S)N2CCC2)C(O)C1O)C(F)(F)F. The Morgan fingerprint density at radius 2 is 1.95 bits per heavy atom.